The Labute approximate surface area is 81.5 Å². The van der Waals surface area contributed by atoms with Crippen LogP contribution in [0.25, 0.3) is 0 Å². The molecule has 0 aromatic carbocycles. The topological polar surface area (TPSA) is 24.1 Å². The van der Waals surface area contributed by atoms with Gasteiger partial charge in [0.15, 0.2) is 0 Å². The van der Waals surface area contributed by atoms with Gasteiger partial charge in [-0.25, -0.2) is 0 Å². The first-order chi connectivity index (χ1) is 6.12. The number of nitrogens with one attached hydrogen (secondary N) is 2. The fourth-order valence-corrected chi connectivity index (χ4v) is 2.57. The van der Waals surface area contributed by atoms with E-state index in [9.17, 15) is 0 Å². The summed E-state index contributed by atoms with van der Waals surface area (Å²) in [6.45, 7) is 8.28. The van der Waals surface area contributed by atoms with Crippen molar-refractivity contribution in [3.63, 3.8) is 0 Å². The van der Waals surface area contributed by atoms with Crippen molar-refractivity contribution in [3.8, 4) is 0 Å². The summed E-state index contributed by atoms with van der Waals surface area (Å²) in [7, 11) is 0. The minimum atomic E-state index is 0.452. The van der Waals surface area contributed by atoms with Crippen LogP contribution >= 0.6 is 0 Å². The third-order valence-corrected chi connectivity index (χ3v) is 3.83. The van der Waals surface area contributed by atoms with Gasteiger partial charge >= 0.3 is 0 Å². The summed E-state index contributed by atoms with van der Waals surface area (Å²) in [6, 6.07) is 0. The van der Waals surface area contributed by atoms with E-state index in [2.05, 4.69) is 24.5 Å². The maximum atomic E-state index is 3.71. The van der Waals surface area contributed by atoms with E-state index in [1.807, 2.05) is 0 Å². The predicted molar refractivity (Wildman–Crippen MR) is 55.9 cm³/mol. The summed E-state index contributed by atoms with van der Waals surface area (Å²) in [5.41, 5.74) is 1.04. The minimum absolute atomic E-state index is 0.452. The second kappa shape index (κ2) is 3.25. The van der Waals surface area contributed by atoms with Crippen molar-refractivity contribution in [2.45, 2.75) is 45.1 Å². The van der Waals surface area contributed by atoms with Crippen LogP contribution in [0.1, 0.15) is 39.5 Å². The highest BCUT2D eigenvalue weighted by molar-refractivity contribution is 4.98. The fourth-order valence-electron chi connectivity index (χ4n) is 2.57. The second-order valence-electron chi connectivity index (χ2n) is 5.55. The minimum Gasteiger partial charge on any atom is -0.314 e. The SMILES string of the molecule is CC1(C)CCC2(CC1)CNCCN2. The van der Waals surface area contributed by atoms with Gasteiger partial charge in [-0.15, -0.1) is 0 Å². The maximum Gasteiger partial charge on any atom is 0.0307 e. The zero-order valence-electron chi connectivity index (χ0n) is 8.95. The van der Waals surface area contributed by atoms with E-state index in [0.29, 0.717) is 11.0 Å². The lowest BCUT2D eigenvalue weighted by Crippen LogP contribution is -2.60. The highest BCUT2D eigenvalue weighted by Crippen LogP contribution is 2.40. The van der Waals surface area contributed by atoms with Crippen molar-refractivity contribution in [1.82, 2.24) is 10.6 Å². The van der Waals surface area contributed by atoms with Crippen LogP contribution < -0.4 is 10.6 Å². The van der Waals surface area contributed by atoms with Crippen LogP contribution in [0.5, 0.6) is 0 Å². The Bertz CT molecular complexity index is 169. The smallest absolute Gasteiger partial charge is 0.0307 e. The third kappa shape index (κ3) is 2.05. The Morgan fingerprint density at radius 1 is 0.923 bits per heavy atom. The molecule has 0 radical (unpaired) electrons. The average Bonchev–Trinajstić information content (AvgIpc) is 2.13. The average molecular weight is 182 g/mol. The van der Waals surface area contributed by atoms with Gasteiger partial charge in [0.1, 0.15) is 0 Å². The monoisotopic (exact) mass is 182 g/mol. The van der Waals surface area contributed by atoms with E-state index < -0.39 is 0 Å². The van der Waals surface area contributed by atoms with Gasteiger partial charge < -0.3 is 10.6 Å². The molecule has 2 nitrogen and oxygen atoms in total. The third-order valence-electron chi connectivity index (χ3n) is 3.83. The van der Waals surface area contributed by atoms with Crippen LogP contribution in [0, 0.1) is 5.41 Å². The van der Waals surface area contributed by atoms with Gasteiger partial charge in [0.2, 0.25) is 0 Å². The summed E-state index contributed by atoms with van der Waals surface area (Å²) >= 11 is 0. The van der Waals surface area contributed by atoms with Crippen LogP contribution in [0.3, 0.4) is 0 Å². The largest absolute Gasteiger partial charge is 0.314 e. The van der Waals surface area contributed by atoms with Crippen LogP contribution in [0.2, 0.25) is 0 Å². The number of piperazine rings is 1. The van der Waals surface area contributed by atoms with E-state index >= 15 is 0 Å². The van der Waals surface area contributed by atoms with Crippen LogP contribution in [-0.4, -0.2) is 25.2 Å². The molecule has 1 heterocycles. The molecule has 1 spiro atoms. The standard InChI is InChI=1S/C11H22N2/c1-10(2)3-5-11(6-4-10)9-12-7-8-13-11/h12-13H,3-9H2,1-2H3. The molecule has 0 bridgehead atoms. The van der Waals surface area contributed by atoms with E-state index in [1.165, 1.54) is 32.2 Å². The van der Waals surface area contributed by atoms with Crippen LogP contribution in [0.15, 0.2) is 0 Å². The zero-order valence-corrected chi connectivity index (χ0v) is 8.95. The molecular formula is C11H22N2. The van der Waals surface area contributed by atoms with E-state index in [0.717, 1.165) is 13.1 Å². The molecule has 76 valence electrons. The Kier molecular flexibility index (Phi) is 2.37. The van der Waals surface area contributed by atoms with E-state index in [4.69, 9.17) is 0 Å². The molecule has 0 aromatic heterocycles. The van der Waals surface area contributed by atoms with E-state index in [1.54, 1.807) is 0 Å². The first-order valence-corrected chi connectivity index (χ1v) is 5.58. The second-order valence-corrected chi connectivity index (χ2v) is 5.55. The number of rotatable bonds is 0. The van der Waals surface area contributed by atoms with Gasteiger partial charge in [-0.2, -0.15) is 0 Å². The maximum absolute atomic E-state index is 3.71. The molecule has 0 unspecified atom stereocenters. The van der Waals surface area contributed by atoms with Crippen LogP contribution in [-0.2, 0) is 0 Å². The zero-order chi connectivity index (χ0) is 9.36. The molecule has 1 saturated carbocycles. The summed E-state index contributed by atoms with van der Waals surface area (Å²) < 4.78 is 0. The van der Waals surface area contributed by atoms with Crippen molar-refractivity contribution >= 4 is 0 Å². The number of hydrogen-bond donors (Lipinski definition) is 2. The molecule has 0 amide bonds. The molecule has 0 atom stereocenters. The highest BCUT2D eigenvalue weighted by atomic mass is 15.1. The normalized spacial score (nSPS) is 31.8. The van der Waals surface area contributed by atoms with Crippen molar-refractivity contribution in [2.24, 2.45) is 5.41 Å². The summed E-state index contributed by atoms with van der Waals surface area (Å²) in [5.74, 6) is 0. The van der Waals surface area contributed by atoms with Gasteiger partial charge in [-0.3, -0.25) is 0 Å². The summed E-state index contributed by atoms with van der Waals surface area (Å²) in [5, 5.41) is 7.22. The lowest BCUT2D eigenvalue weighted by Gasteiger charge is -2.46. The van der Waals surface area contributed by atoms with Gasteiger partial charge in [0.05, 0.1) is 0 Å². The first kappa shape index (κ1) is 9.47. The fraction of sp³-hybridized carbons (Fsp3) is 1.00. The lowest BCUT2D eigenvalue weighted by molar-refractivity contribution is 0.121. The molecule has 1 saturated heterocycles. The Balaban J connectivity index is 1.95. The van der Waals surface area contributed by atoms with Crippen molar-refractivity contribution in [2.75, 3.05) is 19.6 Å². The van der Waals surface area contributed by atoms with Crippen LogP contribution in [0.4, 0.5) is 0 Å². The summed E-state index contributed by atoms with van der Waals surface area (Å²) in [6.07, 6.45) is 5.46. The van der Waals surface area contributed by atoms with Crippen molar-refractivity contribution in [3.05, 3.63) is 0 Å². The van der Waals surface area contributed by atoms with Gasteiger partial charge in [-0.1, -0.05) is 13.8 Å². The summed E-state index contributed by atoms with van der Waals surface area (Å²) in [4.78, 5) is 0. The van der Waals surface area contributed by atoms with Gasteiger partial charge in [0, 0.05) is 25.2 Å². The lowest BCUT2D eigenvalue weighted by atomic mass is 9.69. The molecule has 1 aliphatic carbocycles. The first-order valence-electron chi connectivity index (χ1n) is 5.58. The van der Waals surface area contributed by atoms with Gasteiger partial charge in [0.25, 0.3) is 0 Å². The highest BCUT2D eigenvalue weighted by Gasteiger charge is 2.38. The van der Waals surface area contributed by atoms with E-state index in [-0.39, 0.29) is 0 Å². The molecule has 2 N–H and O–H groups in total. The molecule has 2 rings (SSSR count). The Morgan fingerprint density at radius 2 is 1.62 bits per heavy atom. The molecular weight excluding hydrogens is 160 g/mol. The van der Waals surface area contributed by atoms with Crippen molar-refractivity contribution < 1.29 is 0 Å². The quantitative estimate of drug-likeness (QED) is 0.593. The molecule has 13 heavy (non-hydrogen) atoms. The molecule has 1 aliphatic heterocycles. The predicted octanol–water partition coefficient (Wildman–Crippen LogP) is 1.52. The molecule has 2 heteroatoms. The molecule has 2 fully saturated rings. The molecule has 2 aliphatic rings. The van der Waals surface area contributed by atoms with Crippen molar-refractivity contribution in [1.29, 1.82) is 0 Å². The Morgan fingerprint density at radius 3 is 2.15 bits per heavy atom. The molecule has 0 aromatic rings. The van der Waals surface area contributed by atoms with Gasteiger partial charge in [-0.05, 0) is 31.1 Å². The number of hydrogen-bond acceptors (Lipinski definition) is 2. The Hall–Kier alpha value is -0.0800.